The molecule has 0 fully saturated rings. The molecule has 5 heteroatoms. The van der Waals surface area contributed by atoms with E-state index in [1.165, 1.54) is 28.7 Å². The van der Waals surface area contributed by atoms with Gasteiger partial charge in [-0.25, -0.2) is 9.97 Å². The summed E-state index contributed by atoms with van der Waals surface area (Å²) in [5, 5.41) is 2.12. The van der Waals surface area contributed by atoms with Crippen molar-refractivity contribution in [3.8, 4) is 11.4 Å². The van der Waals surface area contributed by atoms with Gasteiger partial charge in [0.15, 0.2) is 11.6 Å². The van der Waals surface area contributed by atoms with Crippen LogP contribution in [0.15, 0.2) is 65.7 Å². The van der Waals surface area contributed by atoms with Gasteiger partial charge in [0, 0.05) is 21.4 Å². The Morgan fingerprint density at radius 1 is 0.931 bits per heavy atom. The first kappa shape index (κ1) is 18.5. The van der Waals surface area contributed by atoms with Crippen LogP contribution >= 0.6 is 23.1 Å². The Balaban J connectivity index is 1.56. The monoisotopic (exact) mass is 416 g/mol. The number of carbonyl (C=O) groups excluding carboxylic acids is 1. The Morgan fingerprint density at radius 2 is 1.66 bits per heavy atom. The van der Waals surface area contributed by atoms with Crippen molar-refractivity contribution in [1.82, 2.24) is 9.97 Å². The Labute approximate surface area is 178 Å². The number of rotatable bonds is 5. The fourth-order valence-electron chi connectivity index (χ4n) is 3.79. The van der Waals surface area contributed by atoms with Crippen molar-refractivity contribution in [3.05, 3.63) is 76.7 Å². The molecule has 0 radical (unpaired) electrons. The number of thiophene rings is 1. The maximum Gasteiger partial charge on any atom is 0.173 e. The van der Waals surface area contributed by atoms with Crippen molar-refractivity contribution in [2.75, 3.05) is 5.75 Å². The molecule has 0 atom stereocenters. The lowest BCUT2D eigenvalue weighted by Gasteiger charge is -2.12. The van der Waals surface area contributed by atoms with Gasteiger partial charge in [0.1, 0.15) is 9.86 Å². The predicted molar refractivity (Wildman–Crippen MR) is 121 cm³/mol. The molecule has 0 N–H and O–H groups in total. The first-order valence-electron chi connectivity index (χ1n) is 9.88. The standard InChI is InChI=1S/C24H20N2OS2/c27-19(16-9-3-1-4-10-16)15-28-23-21-18-13-7-8-14-20(18)29-24(21)26-22(25-23)17-11-5-2-6-12-17/h1-6,9-12H,7-8,13-15H2. The van der Waals surface area contributed by atoms with Gasteiger partial charge in [-0.1, -0.05) is 72.4 Å². The van der Waals surface area contributed by atoms with Crippen molar-refractivity contribution >= 4 is 39.1 Å². The van der Waals surface area contributed by atoms with E-state index in [0.717, 1.165) is 39.6 Å². The van der Waals surface area contributed by atoms with Crippen LogP contribution in [-0.2, 0) is 12.8 Å². The number of nitrogens with zero attached hydrogens (tertiary/aromatic N) is 2. The largest absolute Gasteiger partial charge is 0.293 e. The molecule has 1 aliphatic carbocycles. The summed E-state index contributed by atoms with van der Waals surface area (Å²) in [5.41, 5.74) is 3.17. The van der Waals surface area contributed by atoms with Gasteiger partial charge in [-0.15, -0.1) is 11.3 Å². The number of ketones is 1. The first-order chi connectivity index (χ1) is 14.3. The zero-order valence-corrected chi connectivity index (χ0v) is 17.6. The van der Waals surface area contributed by atoms with Gasteiger partial charge in [-0.2, -0.15) is 0 Å². The molecular weight excluding hydrogens is 396 g/mol. The van der Waals surface area contributed by atoms with E-state index in [1.807, 2.05) is 60.7 Å². The third-order valence-corrected chi connectivity index (χ3v) is 7.41. The van der Waals surface area contributed by atoms with Crippen LogP contribution in [0.4, 0.5) is 0 Å². The van der Waals surface area contributed by atoms with Crippen molar-refractivity contribution in [2.45, 2.75) is 30.7 Å². The number of Topliss-reactive ketones (excluding diaryl/α,β-unsaturated/α-hetero) is 1. The number of aryl methyl sites for hydroxylation is 2. The molecule has 0 saturated carbocycles. The summed E-state index contributed by atoms with van der Waals surface area (Å²) in [4.78, 5) is 25.0. The van der Waals surface area contributed by atoms with Crippen molar-refractivity contribution in [2.24, 2.45) is 0 Å². The minimum atomic E-state index is 0.132. The van der Waals surface area contributed by atoms with Gasteiger partial charge in [-0.05, 0) is 31.2 Å². The molecule has 0 amide bonds. The molecule has 0 aliphatic heterocycles. The van der Waals surface area contributed by atoms with Crippen LogP contribution < -0.4 is 0 Å². The third kappa shape index (κ3) is 3.72. The molecule has 29 heavy (non-hydrogen) atoms. The maximum absolute atomic E-state index is 12.7. The molecule has 4 aromatic rings. The van der Waals surface area contributed by atoms with Gasteiger partial charge in [0.2, 0.25) is 0 Å². The highest BCUT2D eigenvalue weighted by Crippen LogP contribution is 2.40. The zero-order chi connectivity index (χ0) is 19.6. The van der Waals surface area contributed by atoms with E-state index in [4.69, 9.17) is 9.97 Å². The van der Waals surface area contributed by atoms with Crippen LogP contribution in [0, 0.1) is 0 Å². The van der Waals surface area contributed by atoms with E-state index in [0.29, 0.717) is 5.75 Å². The molecule has 2 aromatic carbocycles. The highest BCUT2D eigenvalue weighted by molar-refractivity contribution is 8.00. The number of benzene rings is 2. The Hall–Kier alpha value is -2.50. The number of carbonyl (C=O) groups is 1. The number of thioether (sulfide) groups is 1. The summed E-state index contributed by atoms with van der Waals surface area (Å²) in [6, 6.07) is 19.6. The molecule has 5 rings (SSSR count). The van der Waals surface area contributed by atoms with Crippen LogP contribution in [0.3, 0.4) is 0 Å². The fraction of sp³-hybridized carbons (Fsp3) is 0.208. The van der Waals surface area contributed by atoms with E-state index >= 15 is 0 Å². The molecule has 0 spiro atoms. The molecular formula is C24H20N2OS2. The summed E-state index contributed by atoms with van der Waals surface area (Å²) in [5.74, 6) is 1.26. The lowest BCUT2D eigenvalue weighted by Crippen LogP contribution is -2.04. The number of fused-ring (bicyclic) bond motifs is 3. The second-order valence-electron chi connectivity index (χ2n) is 7.19. The normalized spacial score (nSPS) is 13.4. The lowest BCUT2D eigenvalue weighted by molar-refractivity contribution is 0.102. The van der Waals surface area contributed by atoms with Gasteiger partial charge in [0.25, 0.3) is 0 Å². The molecule has 1 aliphatic rings. The molecule has 3 nitrogen and oxygen atoms in total. The van der Waals surface area contributed by atoms with Gasteiger partial charge < -0.3 is 0 Å². The molecule has 144 valence electrons. The zero-order valence-electron chi connectivity index (χ0n) is 15.9. The van der Waals surface area contributed by atoms with E-state index in [-0.39, 0.29) is 5.78 Å². The third-order valence-electron chi connectivity index (χ3n) is 5.25. The van der Waals surface area contributed by atoms with Crippen molar-refractivity contribution < 1.29 is 4.79 Å². The summed E-state index contributed by atoms with van der Waals surface area (Å²) in [7, 11) is 0. The molecule has 0 unspecified atom stereocenters. The van der Waals surface area contributed by atoms with Gasteiger partial charge >= 0.3 is 0 Å². The summed E-state index contributed by atoms with van der Waals surface area (Å²) >= 11 is 3.35. The number of aromatic nitrogens is 2. The molecule has 0 bridgehead atoms. The van der Waals surface area contributed by atoms with E-state index in [9.17, 15) is 4.79 Å². The van der Waals surface area contributed by atoms with E-state index in [2.05, 4.69) is 0 Å². The van der Waals surface area contributed by atoms with Crippen molar-refractivity contribution in [3.63, 3.8) is 0 Å². The number of hydrogen-bond acceptors (Lipinski definition) is 5. The van der Waals surface area contributed by atoms with Crippen LogP contribution in [-0.4, -0.2) is 21.5 Å². The van der Waals surface area contributed by atoms with Crippen LogP contribution in [0.1, 0.15) is 33.6 Å². The summed E-state index contributed by atoms with van der Waals surface area (Å²) < 4.78 is 0. The summed E-state index contributed by atoms with van der Waals surface area (Å²) in [6.07, 6.45) is 4.67. The maximum atomic E-state index is 12.7. The van der Waals surface area contributed by atoms with Gasteiger partial charge in [0.05, 0.1) is 5.75 Å². The van der Waals surface area contributed by atoms with E-state index in [1.54, 1.807) is 23.1 Å². The van der Waals surface area contributed by atoms with Crippen LogP contribution in [0.25, 0.3) is 21.6 Å². The second kappa shape index (κ2) is 8.09. The van der Waals surface area contributed by atoms with E-state index < -0.39 is 0 Å². The Morgan fingerprint density at radius 3 is 2.45 bits per heavy atom. The molecule has 2 aromatic heterocycles. The smallest absolute Gasteiger partial charge is 0.173 e. The quantitative estimate of drug-likeness (QED) is 0.220. The highest BCUT2D eigenvalue weighted by atomic mass is 32.2. The summed E-state index contributed by atoms with van der Waals surface area (Å²) in [6.45, 7) is 0. The fourth-order valence-corrected chi connectivity index (χ4v) is 6.06. The molecule has 2 heterocycles. The van der Waals surface area contributed by atoms with Crippen molar-refractivity contribution in [1.29, 1.82) is 0 Å². The predicted octanol–water partition coefficient (Wildman–Crippen LogP) is 6.21. The Kier molecular flexibility index (Phi) is 5.17. The minimum absolute atomic E-state index is 0.132. The molecule has 0 saturated heterocycles. The van der Waals surface area contributed by atoms with Gasteiger partial charge in [-0.3, -0.25) is 4.79 Å². The number of hydrogen-bond donors (Lipinski definition) is 0. The average molecular weight is 417 g/mol. The first-order valence-corrected chi connectivity index (χ1v) is 11.7. The Bertz CT molecular complexity index is 1170. The SMILES string of the molecule is O=C(CSc1nc(-c2ccccc2)nc2sc3c(c12)CCCC3)c1ccccc1. The second-order valence-corrected chi connectivity index (χ2v) is 9.23. The van der Waals surface area contributed by atoms with Crippen LogP contribution in [0.5, 0.6) is 0 Å². The highest BCUT2D eigenvalue weighted by Gasteiger charge is 2.22. The minimum Gasteiger partial charge on any atom is -0.293 e. The average Bonchev–Trinajstić information content (AvgIpc) is 3.17. The lowest BCUT2D eigenvalue weighted by atomic mass is 9.97. The van der Waals surface area contributed by atoms with Crippen LogP contribution in [0.2, 0.25) is 0 Å². The topological polar surface area (TPSA) is 42.9 Å².